The highest BCUT2D eigenvalue weighted by molar-refractivity contribution is 7.91. The Balaban J connectivity index is 0.00000242. The molecule has 7 nitrogen and oxygen atoms in total. The predicted octanol–water partition coefficient (Wildman–Crippen LogP) is 0.431. The molecule has 0 radical (unpaired) electrons. The molecule has 3 atom stereocenters. The fourth-order valence-corrected chi connectivity index (χ4v) is 4.43. The summed E-state index contributed by atoms with van der Waals surface area (Å²) in [5, 5.41) is 20.5. The minimum Gasteiger partial charge on any atom is -0.391 e. The molecule has 0 aromatic heterocycles. The first kappa shape index (κ1) is 18.8. The number of sulfone groups is 1. The third-order valence-corrected chi connectivity index (χ3v) is 5.37. The molecular weight excluding hydrogens is 339 g/mol. The second-order valence-electron chi connectivity index (χ2n) is 5.24. The molecule has 0 amide bonds. The van der Waals surface area contributed by atoms with Gasteiger partial charge in [0.1, 0.15) is 0 Å². The lowest BCUT2D eigenvalue weighted by Gasteiger charge is -2.32. The Morgan fingerprint density at radius 3 is 2.59 bits per heavy atom. The second-order valence-corrected chi connectivity index (χ2v) is 7.39. The van der Waals surface area contributed by atoms with Crippen molar-refractivity contribution in [1.29, 1.82) is 0 Å². The Hall–Kier alpha value is -1.29. The van der Waals surface area contributed by atoms with Gasteiger partial charge in [-0.25, -0.2) is 8.42 Å². The summed E-state index contributed by atoms with van der Waals surface area (Å²) in [4.78, 5) is 9.69. The normalized spacial score (nSPS) is 27.0. The van der Waals surface area contributed by atoms with Crippen LogP contribution in [0.5, 0.6) is 0 Å². The highest BCUT2D eigenvalue weighted by Gasteiger charge is 2.37. The number of nitrogens with two attached hydrogens (primary N) is 1. The smallest absolute Gasteiger partial charge is 0.304 e. The lowest BCUT2D eigenvalue weighted by Crippen LogP contribution is -2.52. The van der Waals surface area contributed by atoms with Crippen LogP contribution in [0.15, 0.2) is 18.2 Å². The third-order valence-electron chi connectivity index (χ3n) is 3.54. The quantitative estimate of drug-likeness (QED) is 0.599. The summed E-state index contributed by atoms with van der Waals surface area (Å²) in [6, 6.07) is 2.48. The number of nitro groups is 1. The van der Waals surface area contributed by atoms with Gasteiger partial charge >= 0.3 is 5.69 Å². The van der Waals surface area contributed by atoms with Crippen LogP contribution in [-0.2, 0) is 16.3 Å². The maximum absolute atomic E-state index is 13.5. The maximum Gasteiger partial charge on any atom is 0.304 e. The SMILES string of the molecule is Cl.N[C@H]1CS(=O)(=O)C[C@@H](Cc2ccc([N+](=O)[O-])c(F)c2)[C@@H]1O. The second kappa shape index (κ2) is 6.86. The number of halogens is 2. The van der Waals surface area contributed by atoms with E-state index in [0.29, 0.717) is 5.56 Å². The van der Waals surface area contributed by atoms with Gasteiger partial charge in [-0.15, -0.1) is 12.4 Å². The van der Waals surface area contributed by atoms with E-state index in [4.69, 9.17) is 5.73 Å². The molecule has 1 fully saturated rings. The fourth-order valence-electron chi connectivity index (χ4n) is 2.54. The van der Waals surface area contributed by atoms with Crippen LogP contribution in [-0.4, -0.2) is 42.1 Å². The molecular formula is C12H16ClFN2O5S. The van der Waals surface area contributed by atoms with Crippen molar-refractivity contribution in [2.24, 2.45) is 11.7 Å². The lowest BCUT2D eigenvalue weighted by molar-refractivity contribution is -0.387. The zero-order valence-electron chi connectivity index (χ0n) is 11.4. The highest BCUT2D eigenvalue weighted by Crippen LogP contribution is 2.25. The Morgan fingerprint density at radius 1 is 1.41 bits per heavy atom. The van der Waals surface area contributed by atoms with Crippen LogP contribution in [0.25, 0.3) is 0 Å². The lowest BCUT2D eigenvalue weighted by atomic mass is 9.91. The van der Waals surface area contributed by atoms with Gasteiger partial charge in [-0.1, -0.05) is 6.07 Å². The van der Waals surface area contributed by atoms with Gasteiger partial charge in [-0.2, -0.15) is 4.39 Å². The summed E-state index contributed by atoms with van der Waals surface area (Å²) in [6.07, 6.45) is -0.921. The molecule has 124 valence electrons. The van der Waals surface area contributed by atoms with Gasteiger partial charge in [0.2, 0.25) is 5.82 Å². The van der Waals surface area contributed by atoms with Crippen molar-refractivity contribution in [1.82, 2.24) is 0 Å². The molecule has 1 aromatic rings. The van der Waals surface area contributed by atoms with Crippen LogP contribution >= 0.6 is 12.4 Å². The molecule has 0 unspecified atom stereocenters. The van der Waals surface area contributed by atoms with Crippen molar-refractivity contribution in [3.63, 3.8) is 0 Å². The molecule has 0 bridgehead atoms. The van der Waals surface area contributed by atoms with E-state index >= 15 is 0 Å². The molecule has 0 aliphatic carbocycles. The first-order chi connectivity index (χ1) is 9.69. The third kappa shape index (κ3) is 4.13. The summed E-state index contributed by atoms with van der Waals surface area (Å²) in [5.74, 6) is -2.16. The number of benzene rings is 1. The molecule has 1 aliphatic heterocycles. The average molecular weight is 355 g/mol. The molecule has 1 aromatic carbocycles. The van der Waals surface area contributed by atoms with Crippen molar-refractivity contribution >= 4 is 27.9 Å². The molecule has 1 saturated heterocycles. The van der Waals surface area contributed by atoms with Crippen LogP contribution in [0.1, 0.15) is 5.56 Å². The monoisotopic (exact) mass is 354 g/mol. The van der Waals surface area contributed by atoms with Gasteiger partial charge in [0.05, 0.1) is 22.5 Å². The van der Waals surface area contributed by atoms with E-state index in [1.807, 2.05) is 0 Å². The first-order valence-corrected chi connectivity index (χ1v) is 8.08. The number of nitrogens with zero attached hydrogens (tertiary/aromatic N) is 1. The maximum atomic E-state index is 13.5. The number of nitro benzene ring substituents is 1. The largest absolute Gasteiger partial charge is 0.391 e. The van der Waals surface area contributed by atoms with Crippen LogP contribution < -0.4 is 5.73 Å². The zero-order valence-corrected chi connectivity index (χ0v) is 13.0. The molecule has 1 aliphatic rings. The first-order valence-electron chi connectivity index (χ1n) is 6.26. The van der Waals surface area contributed by atoms with Gasteiger partial charge in [0.15, 0.2) is 9.84 Å². The topological polar surface area (TPSA) is 124 Å². The zero-order chi connectivity index (χ0) is 15.8. The number of aliphatic hydroxyl groups is 1. The van der Waals surface area contributed by atoms with E-state index < -0.39 is 44.3 Å². The summed E-state index contributed by atoms with van der Waals surface area (Å²) < 4.78 is 36.9. The van der Waals surface area contributed by atoms with Gasteiger partial charge in [0.25, 0.3) is 0 Å². The van der Waals surface area contributed by atoms with Gasteiger partial charge in [0, 0.05) is 18.0 Å². The van der Waals surface area contributed by atoms with E-state index in [2.05, 4.69) is 0 Å². The van der Waals surface area contributed by atoms with Crippen LogP contribution in [0.2, 0.25) is 0 Å². The van der Waals surface area contributed by atoms with Gasteiger partial charge < -0.3 is 10.8 Å². The van der Waals surface area contributed by atoms with Gasteiger partial charge in [-0.3, -0.25) is 10.1 Å². The summed E-state index contributed by atoms with van der Waals surface area (Å²) in [6.45, 7) is 0. The summed E-state index contributed by atoms with van der Waals surface area (Å²) >= 11 is 0. The van der Waals surface area contributed by atoms with Gasteiger partial charge in [-0.05, 0) is 18.1 Å². The van der Waals surface area contributed by atoms with E-state index in [1.165, 1.54) is 6.07 Å². The number of hydrogen-bond donors (Lipinski definition) is 2. The Labute approximate surface area is 132 Å². The fraction of sp³-hybridized carbons (Fsp3) is 0.500. The van der Waals surface area contributed by atoms with E-state index in [9.17, 15) is 28.0 Å². The van der Waals surface area contributed by atoms with Crippen LogP contribution in [0, 0.1) is 21.8 Å². The summed E-state index contributed by atoms with van der Waals surface area (Å²) in [5.41, 5.74) is 5.33. The summed E-state index contributed by atoms with van der Waals surface area (Å²) in [7, 11) is -3.35. The minimum atomic E-state index is -3.35. The van der Waals surface area contributed by atoms with Crippen molar-refractivity contribution in [3.05, 3.63) is 39.7 Å². The predicted molar refractivity (Wildman–Crippen MR) is 80.1 cm³/mol. The minimum absolute atomic E-state index is 0. The number of aliphatic hydroxyl groups excluding tert-OH is 1. The average Bonchev–Trinajstić information content (AvgIpc) is 2.34. The molecule has 10 heteroatoms. The molecule has 1 heterocycles. The van der Waals surface area contributed by atoms with Crippen LogP contribution in [0.4, 0.5) is 10.1 Å². The Kier molecular flexibility index (Phi) is 5.85. The Morgan fingerprint density at radius 2 is 2.05 bits per heavy atom. The van der Waals surface area contributed by atoms with E-state index in [1.54, 1.807) is 0 Å². The highest BCUT2D eigenvalue weighted by atomic mass is 35.5. The van der Waals surface area contributed by atoms with Crippen LogP contribution in [0.3, 0.4) is 0 Å². The van der Waals surface area contributed by atoms with Crippen molar-refractivity contribution in [2.45, 2.75) is 18.6 Å². The molecule has 0 saturated carbocycles. The number of hydrogen-bond acceptors (Lipinski definition) is 6. The molecule has 2 rings (SSSR count). The molecule has 3 N–H and O–H groups in total. The van der Waals surface area contributed by atoms with Crippen molar-refractivity contribution in [2.75, 3.05) is 11.5 Å². The molecule has 0 spiro atoms. The molecule has 22 heavy (non-hydrogen) atoms. The van der Waals surface area contributed by atoms with E-state index in [0.717, 1.165) is 12.1 Å². The Bertz CT molecular complexity index is 669. The van der Waals surface area contributed by atoms with E-state index in [-0.39, 0.29) is 30.3 Å². The van der Waals surface area contributed by atoms with Crippen molar-refractivity contribution < 1.29 is 22.8 Å². The standard InChI is InChI=1S/C12H15FN2O5S.ClH/c13-9-4-7(1-2-11(9)15(17)18)3-8-5-21(19,20)6-10(14)12(8)16;/h1-2,4,8,10,12,16H,3,5-6,14H2;1H/t8-,10+,12+;/m1./s1. The number of rotatable bonds is 3. The van der Waals surface area contributed by atoms with Crippen molar-refractivity contribution in [3.8, 4) is 0 Å².